The lowest BCUT2D eigenvalue weighted by Gasteiger charge is -2.40. The highest BCUT2D eigenvalue weighted by molar-refractivity contribution is 5.63. The Morgan fingerprint density at radius 2 is 2.05 bits per heavy atom. The van der Waals surface area contributed by atoms with Gasteiger partial charge in [0, 0.05) is 30.7 Å². The van der Waals surface area contributed by atoms with Crippen molar-refractivity contribution in [3.05, 3.63) is 29.8 Å². The minimum absolute atomic E-state index is 0.461. The number of fused-ring (bicyclic) bond motifs is 2. The third-order valence-corrected chi connectivity index (χ3v) is 5.65. The van der Waals surface area contributed by atoms with Crippen LogP contribution in [0.2, 0.25) is 0 Å². The molecule has 3 aliphatic rings. The molecule has 1 aliphatic carbocycles. The van der Waals surface area contributed by atoms with Crippen molar-refractivity contribution in [3.8, 4) is 0 Å². The van der Waals surface area contributed by atoms with Crippen molar-refractivity contribution in [2.75, 3.05) is 31.1 Å². The number of rotatable bonds is 2. The second kappa shape index (κ2) is 3.99. The lowest BCUT2D eigenvalue weighted by Crippen LogP contribution is -2.43. The predicted octanol–water partition coefficient (Wildman–Crippen LogP) is 2.93. The number of para-hydroxylation sites is 1. The zero-order chi connectivity index (χ0) is 12.9. The Morgan fingerprint density at radius 3 is 2.74 bits per heavy atom. The largest absolute Gasteiger partial charge is 0.370 e. The molecule has 1 saturated heterocycles. The Hall–Kier alpha value is -1.02. The monoisotopic (exact) mass is 256 g/mol. The average molecular weight is 256 g/mol. The molecule has 19 heavy (non-hydrogen) atoms. The number of nitrogens with one attached hydrogen (secondary N) is 1. The molecule has 1 atom stereocenters. The second-order valence-corrected chi connectivity index (χ2v) is 7.24. The fraction of sp³-hybridized carbons (Fsp3) is 0.647. The van der Waals surface area contributed by atoms with E-state index >= 15 is 0 Å². The molecule has 4 rings (SSSR count). The quantitative estimate of drug-likeness (QED) is 0.875. The number of nitrogens with zero attached hydrogens (tertiary/aromatic N) is 1. The van der Waals surface area contributed by atoms with Gasteiger partial charge in [0.2, 0.25) is 0 Å². The van der Waals surface area contributed by atoms with E-state index in [1.54, 1.807) is 5.56 Å². The van der Waals surface area contributed by atoms with Gasteiger partial charge in [-0.3, -0.25) is 0 Å². The summed E-state index contributed by atoms with van der Waals surface area (Å²) in [6.45, 7) is 7.30. The van der Waals surface area contributed by atoms with E-state index in [0.717, 1.165) is 0 Å². The molecule has 1 aromatic rings. The van der Waals surface area contributed by atoms with E-state index in [4.69, 9.17) is 0 Å². The summed E-state index contributed by atoms with van der Waals surface area (Å²) < 4.78 is 0. The van der Waals surface area contributed by atoms with E-state index in [1.807, 2.05) is 0 Å². The minimum atomic E-state index is 0.461. The third-order valence-electron chi connectivity index (χ3n) is 5.65. The van der Waals surface area contributed by atoms with Crippen molar-refractivity contribution in [1.82, 2.24) is 5.32 Å². The van der Waals surface area contributed by atoms with Crippen LogP contribution in [0.1, 0.15) is 38.2 Å². The summed E-state index contributed by atoms with van der Waals surface area (Å²) in [5.74, 6) is 0. The molecular weight excluding hydrogens is 232 g/mol. The van der Waals surface area contributed by atoms with Crippen LogP contribution in [0, 0.1) is 5.41 Å². The highest BCUT2D eigenvalue weighted by Crippen LogP contribution is 2.53. The van der Waals surface area contributed by atoms with E-state index in [-0.39, 0.29) is 0 Å². The molecule has 1 saturated carbocycles. The van der Waals surface area contributed by atoms with Crippen LogP contribution in [0.5, 0.6) is 0 Å². The molecule has 1 N–H and O–H groups in total. The topological polar surface area (TPSA) is 15.3 Å². The predicted molar refractivity (Wildman–Crippen MR) is 79.8 cm³/mol. The molecule has 1 spiro atoms. The molecule has 2 aliphatic heterocycles. The first-order chi connectivity index (χ1) is 9.21. The summed E-state index contributed by atoms with van der Waals surface area (Å²) >= 11 is 0. The van der Waals surface area contributed by atoms with Crippen LogP contribution in [0.15, 0.2) is 24.3 Å². The fourth-order valence-corrected chi connectivity index (χ4v) is 4.37. The number of benzene rings is 1. The number of hydrogen-bond donors (Lipinski definition) is 1. The Labute approximate surface area is 116 Å². The molecule has 2 nitrogen and oxygen atoms in total. The van der Waals surface area contributed by atoms with Crippen LogP contribution in [0.3, 0.4) is 0 Å². The van der Waals surface area contributed by atoms with Crippen LogP contribution in [-0.2, 0) is 5.41 Å². The van der Waals surface area contributed by atoms with Crippen molar-refractivity contribution in [2.24, 2.45) is 5.41 Å². The van der Waals surface area contributed by atoms with E-state index in [2.05, 4.69) is 41.4 Å². The van der Waals surface area contributed by atoms with E-state index < -0.39 is 0 Å². The molecule has 102 valence electrons. The van der Waals surface area contributed by atoms with Crippen LogP contribution in [0.4, 0.5) is 5.69 Å². The van der Waals surface area contributed by atoms with Crippen molar-refractivity contribution in [2.45, 2.75) is 38.0 Å². The highest BCUT2D eigenvalue weighted by Gasteiger charge is 2.47. The number of hydrogen-bond acceptors (Lipinski definition) is 2. The van der Waals surface area contributed by atoms with Crippen LogP contribution >= 0.6 is 0 Å². The van der Waals surface area contributed by atoms with E-state index in [9.17, 15) is 0 Å². The van der Waals surface area contributed by atoms with Gasteiger partial charge in [-0.2, -0.15) is 0 Å². The summed E-state index contributed by atoms with van der Waals surface area (Å²) in [5, 5.41) is 3.53. The summed E-state index contributed by atoms with van der Waals surface area (Å²) in [5.41, 5.74) is 4.13. The van der Waals surface area contributed by atoms with Gasteiger partial charge >= 0.3 is 0 Å². The maximum atomic E-state index is 3.53. The molecule has 0 radical (unpaired) electrons. The van der Waals surface area contributed by atoms with Crippen molar-refractivity contribution < 1.29 is 0 Å². The second-order valence-electron chi connectivity index (χ2n) is 7.24. The first kappa shape index (κ1) is 11.8. The Kier molecular flexibility index (Phi) is 2.47. The van der Waals surface area contributed by atoms with Crippen LogP contribution in [-0.4, -0.2) is 26.2 Å². The molecule has 1 unspecified atom stereocenters. The standard InChI is InChI=1S/C17H24N2/c1-16(9-10-18-11-16)12-19-13-17(7-4-8-17)14-5-2-3-6-15(14)19/h2-3,5-6,18H,4,7-13H2,1H3. The lowest BCUT2D eigenvalue weighted by atomic mass is 9.66. The third kappa shape index (κ3) is 1.73. The Balaban J connectivity index is 1.64. The first-order valence-electron chi connectivity index (χ1n) is 7.76. The van der Waals surface area contributed by atoms with Gasteiger partial charge in [0.1, 0.15) is 0 Å². The smallest absolute Gasteiger partial charge is 0.0405 e. The van der Waals surface area contributed by atoms with Gasteiger partial charge in [0.25, 0.3) is 0 Å². The zero-order valence-corrected chi connectivity index (χ0v) is 11.9. The summed E-state index contributed by atoms with van der Waals surface area (Å²) in [4.78, 5) is 2.68. The Bertz CT molecular complexity index is 484. The van der Waals surface area contributed by atoms with Gasteiger partial charge in [-0.15, -0.1) is 0 Å². The fourth-order valence-electron chi connectivity index (χ4n) is 4.37. The van der Waals surface area contributed by atoms with Crippen LogP contribution in [0.25, 0.3) is 0 Å². The summed E-state index contributed by atoms with van der Waals surface area (Å²) in [6, 6.07) is 9.15. The van der Waals surface area contributed by atoms with Gasteiger partial charge < -0.3 is 10.2 Å². The number of anilines is 1. The average Bonchev–Trinajstić information content (AvgIpc) is 2.92. The highest BCUT2D eigenvalue weighted by atomic mass is 15.2. The molecule has 2 fully saturated rings. The minimum Gasteiger partial charge on any atom is -0.370 e. The lowest BCUT2D eigenvalue weighted by molar-refractivity contribution is 0.255. The summed E-state index contributed by atoms with van der Waals surface area (Å²) in [7, 11) is 0. The normalized spacial score (nSPS) is 31.5. The van der Waals surface area contributed by atoms with E-state index in [1.165, 1.54) is 57.5 Å². The molecule has 1 aromatic carbocycles. The van der Waals surface area contributed by atoms with Crippen LogP contribution < -0.4 is 10.2 Å². The van der Waals surface area contributed by atoms with Gasteiger partial charge in [-0.25, -0.2) is 0 Å². The zero-order valence-electron chi connectivity index (χ0n) is 11.9. The molecular formula is C17H24N2. The molecule has 2 heterocycles. The van der Waals surface area contributed by atoms with Gasteiger partial charge in [0.15, 0.2) is 0 Å². The molecule has 0 amide bonds. The Morgan fingerprint density at radius 1 is 1.21 bits per heavy atom. The molecule has 0 bridgehead atoms. The van der Waals surface area contributed by atoms with Gasteiger partial charge in [0.05, 0.1) is 0 Å². The molecule has 0 aromatic heterocycles. The first-order valence-corrected chi connectivity index (χ1v) is 7.76. The maximum absolute atomic E-state index is 3.53. The van der Waals surface area contributed by atoms with E-state index in [0.29, 0.717) is 10.8 Å². The van der Waals surface area contributed by atoms with Crippen molar-refractivity contribution >= 4 is 5.69 Å². The summed E-state index contributed by atoms with van der Waals surface area (Å²) in [6.07, 6.45) is 5.53. The SMILES string of the molecule is CC1(CN2CC3(CCC3)c3ccccc32)CCNC1. The van der Waals surface area contributed by atoms with Crippen molar-refractivity contribution in [3.63, 3.8) is 0 Å². The van der Waals surface area contributed by atoms with Gasteiger partial charge in [-0.1, -0.05) is 31.5 Å². The van der Waals surface area contributed by atoms with Crippen molar-refractivity contribution in [1.29, 1.82) is 0 Å². The molecule has 2 heteroatoms. The van der Waals surface area contributed by atoms with Gasteiger partial charge in [-0.05, 0) is 42.9 Å². The maximum Gasteiger partial charge on any atom is 0.0405 e.